The molecule has 1 aromatic carbocycles. The van der Waals surface area contributed by atoms with Gasteiger partial charge in [0.25, 0.3) is 0 Å². The number of ether oxygens (including phenoxy) is 1. The fourth-order valence-corrected chi connectivity index (χ4v) is 2.58. The summed E-state index contributed by atoms with van der Waals surface area (Å²) in [7, 11) is 1.54. The van der Waals surface area contributed by atoms with E-state index in [0.29, 0.717) is 16.9 Å². The Morgan fingerprint density at radius 1 is 1.25 bits per heavy atom. The van der Waals surface area contributed by atoms with Gasteiger partial charge in [-0.2, -0.15) is 0 Å². The molecule has 0 aliphatic rings. The summed E-state index contributed by atoms with van der Waals surface area (Å²) in [6, 6.07) is 3.61. The maximum Gasteiger partial charge on any atom is 0.339 e. The molecule has 1 aromatic heterocycles. The Balaban J connectivity index is 2.30. The van der Waals surface area contributed by atoms with Crippen LogP contribution >= 0.6 is 0 Å². The normalized spacial score (nSPS) is 10.6. The van der Waals surface area contributed by atoms with E-state index < -0.39 is 24.0 Å². The maximum absolute atomic E-state index is 12.3. The van der Waals surface area contributed by atoms with Crippen molar-refractivity contribution in [3.05, 3.63) is 39.2 Å². The second kappa shape index (κ2) is 7.16. The molecule has 2 rings (SSSR count). The van der Waals surface area contributed by atoms with Crippen molar-refractivity contribution < 1.29 is 23.8 Å². The molecule has 7 nitrogen and oxygen atoms in total. The van der Waals surface area contributed by atoms with Gasteiger partial charge in [0.2, 0.25) is 5.91 Å². The Morgan fingerprint density at radius 2 is 1.96 bits per heavy atom. The van der Waals surface area contributed by atoms with Crippen LogP contribution in [0.2, 0.25) is 0 Å². The zero-order valence-corrected chi connectivity index (χ0v) is 13.8. The number of methoxy groups -OCH3 is 1. The number of aliphatic carboxylic acids is 1. The van der Waals surface area contributed by atoms with Gasteiger partial charge in [0.15, 0.2) is 0 Å². The second-order valence-electron chi connectivity index (χ2n) is 5.43. The lowest BCUT2D eigenvalue weighted by atomic mass is 10.0. The molecule has 0 radical (unpaired) electrons. The molecule has 0 saturated heterocycles. The van der Waals surface area contributed by atoms with Crippen LogP contribution in [0.15, 0.2) is 21.3 Å². The van der Waals surface area contributed by atoms with Gasteiger partial charge in [-0.15, -0.1) is 0 Å². The smallest absolute Gasteiger partial charge is 0.339 e. The number of rotatable bonds is 6. The number of aryl methyl sites for hydroxylation is 2. The summed E-state index contributed by atoms with van der Waals surface area (Å²) < 4.78 is 10.6. The molecule has 0 aliphatic carbocycles. The van der Waals surface area contributed by atoms with Crippen molar-refractivity contribution in [2.45, 2.75) is 26.7 Å². The lowest BCUT2D eigenvalue weighted by Crippen LogP contribution is -2.29. The molecule has 0 atom stereocenters. The van der Waals surface area contributed by atoms with Gasteiger partial charge in [-0.05, 0) is 38.0 Å². The number of amides is 1. The minimum absolute atomic E-state index is 0.0134. The van der Waals surface area contributed by atoms with E-state index in [0.717, 1.165) is 16.5 Å². The Kier molecular flexibility index (Phi) is 5.23. The van der Waals surface area contributed by atoms with Gasteiger partial charge in [0.05, 0.1) is 7.11 Å². The molecule has 7 heteroatoms. The van der Waals surface area contributed by atoms with Crippen molar-refractivity contribution >= 4 is 22.8 Å². The topological polar surface area (TPSA) is 106 Å². The largest absolute Gasteiger partial charge is 0.496 e. The number of carboxylic acids is 1. The Labute approximate surface area is 138 Å². The molecule has 1 heterocycles. The highest BCUT2D eigenvalue weighted by atomic mass is 16.5. The molecular formula is C17H19NO6. The molecule has 2 aromatic rings. The number of hydrogen-bond donors (Lipinski definition) is 2. The quantitative estimate of drug-likeness (QED) is 0.777. The predicted octanol–water partition coefficient (Wildman–Crippen LogP) is 1.55. The average Bonchev–Trinajstić information content (AvgIpc) is 2.53. The lowest BCUT2D eigenvalue weighted by Gasteiger charge is -2.11. The number of nitrogens with one attached hydrogen (secondary N) is 1. The van der Waals surface area contributed by atoms with Crippen LogP contribution in [0.4, 0.5) is 0 Å². The Morgan fingerprint density at radius 3 is 2.58 bits per heavy atom. The fraction of sp³-hybridized carbons (Fsp3) is 0.353. The molecule has 0 spiro atoms. The molecular weight excluding hydrogens is 314 g/mol. The second-order valence-corrected chi connectivity index (χ2v) is 5.43. The third-order valence-electron chi connectivity index (χ3n) is 3.91. The molecule has 0 fully saturated rings. The van der Waals surface area contributed by atoms with Gasteiger partial charge in [-0.1, -0.05) is 0 Å². The van der Waals surface area contributed by atoms with Crippen molar-refractivity contribution in [3.8, 4) is 5.75 Å². The third kappa shape index (κ3) is 3.56. The number of carbonyl (C=O) groups excluding carboxylic acids is 1. The van der Waals surface area contributed by atoms with Crippen LogP contribution in [0.3, 0.4) is 0 Å². The van der Waals surface area contributed by atoms with E-state index in [4.69, 9.17) is 14.3 Å². The number of benzene rings is 1. The molecule has 0 aliphatic heterocycles. The summed E-state index contributed by atoms with van der Waals surface area (Å²) in [4.78, 5) is 34.3. The minimum atomic E-state index is -1.12. The first kappa shape index (κ1) is 17.5. The van der Waals surface area contributed by atoms with Crippen LogP contribution in [0.1, 0.15) is 23.1 Å². The predicted molar refractivity (Wildman–Crippen MR) is 87.5 cm³/mol. The summed E-state index contributed by atoms with van der Waals surface area (Å²) in [6.45, 7) is 3.17. The maximum atomic E-state index is 12.3. The molecule has 128 valence electrons. The average molecular weight is 333 g/mol. The van der Waals surface area contributed by atoms with Crippen LogP contribution in [-0.4, -0.2) is 30.6 Å². The van der Waals surface area contributed by atoms with E-state index in [9.17, 15) is 14.4 Å². The number of fused-ring (bicyclic) bond motifs is 1. The van der Waals surface area contributed by atoms with Crippen molar-refractivity contribution in [1.82, 2.24) is 5.32 Å². The Bertz CT molecular complexity index is 852. The number of carbonyl (C=O) groups is 2. The first-order valence-corrected chi connectivity index (χ1v) is 7.43. The SMILES string of the molecule is COc1ccc2c(C)c(CCC(=O)NCC(=O)O)c(=O)oc2c1C. The van der Waals surface area contributed by atoms with Crippen LogP contribution in [0.25, 0.3) is 11.0 Å². The highest BCUT2D eigenvalue weighted by molar-refractivity contribution is 5.86. The highest BCUT2D eigenvalue weighted by Crippen LogP contribution is 2.29. The van der Waals surface area contributed by atoms with Gasteiger partial charge < -0.3 is 19.6 Å². The van der Waals surface area contributed by atoms with Crippen LogP contribution in [0.5, 0.6) is 5.75 Å². The summed E-state index contributed by atoms with van der Waals surface area (Å²) >= 11 is 0. The fourth-order valence-electron chi connectivity index (χ4n) is 2.58. The first-order chi connectivity index (χ1) is 11.3. The summed E-state index contributed by atoms with van der Waals surface area (Å²) in [5, 5.41) is 11.6. The highest BCUT2D eigenvalue weighted by Gasteiger charge is 2.16. The van der Waals surface area contributed by atoms with E-state index in [1.165, 1.54) is 0 Å². The summed E-state index contributed by atoms with van der Waals surface area (Å²) in [5.74, 6) is -0.915. The van der Waals surface area contributed by atoms with E-state index in [-0.39, 0.29) is 12.8 Å². The standard InChI is InChI=1S/C17H19NO6/c1-9-11-4-6-13(23-3)10(2)16(11)24-17(22)12(9)5-7-14(19)18-8-15(20)21/h4,6H,5,7-8H2,1-3H3,(H,18,19)(H,20,21). The zero-order chi connectivity index (χ0) is 17.9. The minimum Gasteiger partial charge on any atom is -0.496 e. The van der Waals surface area contributed by atoms with E-state index in [1.807, 2.05) is 13.0 Å². The zero-order valence-electron chi connectivity index (χ0n) is 13.8. The summed E-state index contributed by atoms with van der Waals surface area (Å²) in [5.41, 5.74) is 1.87. The monoisotopic (exact) mass is 333 g/mol. The van der Waals surface area contributed by atoms with Crippen molar-refractivity contribution in [2.24, 2.45) is 0 Å². The molecule has 0 unspecified atom stereocenters. The van der Waals surface area contributed by atoms with Crippen LogP contribution in [-0.2, 0) is 16.0 Å². The van der Waals surface area contributed by atoms with Crippen molar-refractivity contribution in [1.29, 1.82) is 0 Å². The summed E-state index contributed by atoms with van der Waals surface area (Å²) in [6.07, 6.45) is 0.195. The third-order valence-corrected chi connectivity index (χ3v) is 3.91. The van der Waals surface area contributed by atoms with Crippen LogP contribution < -0.4 is 15.7 Å². The van der Waals surface area contributed by atoms with Gasteiger partial charge >= 0.3 is 11.6 Å². The first-order valence-electron chi connectivity index (χ1n) is 7.43. The number of carboxylic acid groups (broad SMARTS) is 1. The lowest BCUT2D eigenvalue weighted by molar-refractivity contribution is -0.137. The van der Waals surface area contributed by atoms with Gasteiger partial charge in [0.1, 0.15) is 17.9 Å². The van der Waals surface area contributed by atoms with Gasteiger partial charge in [-0.25, -0.2) is 4.79 Å². The van der Waals surface area contributed by atoms with Gasteiger partial charge in [0, 0.05) is 22.9 Å². The Hall–Kier alpha value is -2.83. The molecule has 2 N–H and O–H groups in total. The number of hydrogen-bond acceptors (Lipinski definition) is 5. The van der Waals surface area contributed by atoms with E-state index in [1.54, 1.807) is 20.1 Å². The van der Waals surface area contributed by atoms with Crippen molar-refractivity contribution in [3.63, 3.8) is 0 Å². The molecule has 1 amide bonds. The van der Waals surface area contributed by atoms with E-state index in [2.05, 4.69) is 5.32 Å². The molecule has 24 heavy (non-hydrogen) atoms. The molecule has 0 saturated carbocycles. The van der Waals surface area contributed by atoms with Crippen LogP contribution in [0, 0.1) is 13.8 Å². The van der Waals surface area contributed by atoms with Gasteiger partial charge in [-0.3, -0.25) is 9.59 Å². The molecule has 0 bridgehead atoms. The van der Waals surface area contributed by atoms with Crippen molar-refractivity contribution in [2.75, 3.05) is 13.7 Å². The van der Waals surface area contributed by atoms with E-state index >= 15 is 0 Å².